The molecule has 15 heavy (non-hydrogen) atoms. The molecule has 0 aliphatic rings. The molecule has 2 atom stereocenters. The van der Waals surface area contributed by atoms with E-state index >= 15 is 0 Å². The number of aliphatic carboxylic acids is 1. The van der Waals surface area contributed by atoms with Crippen LogP contribution in [-0.2, 0) is 9.59 Å². The molecule has 0 rings (SSSR count). The molecule has 0 fully saturated rings. The standard InChI is InChI=1S/C9H17NO3S2/c1-6(5-14)8(11)10-7(9(12)13)3-4-15-2/h6-7,14H,3-5H2,1-2H3,(H,10,11)(H,12,13)/t6?,7-/m0/s1. The lowest BCUT2D eigenvalue weighted by Crippen LogP contribution is -2.43. The lowest BCUT2D eigenvalue weighted by molar-refractivity contribution is -0.142. The van der Waals surface area contributed by atoms with Crippen molar-refractivity contribution in [2.75, 3.05) is 17.8 Å². The van der Waals surface area contributed by atoms with Gasteiger partial charge in [0.05, 0.1) is 0 Å². The third-order valence-corrected chi connectivity index (χ3v) is 3.14. The van der Waals surface area contributed by atoms with Crippen LogP contribution in [0.5, 0.6) is 0 Å². The van der Waals surface area contributed by atoms with Gasteiger partial charge in [0.25, 0.3) is 0 Å². The first kappa shape index (κ1) is 14.6. The average molecular weight is 251 g/mol. The largest absolute Gasteiger partial charge is 0.480 e. The molecule has 0 aromatic rings. The first-order valence-corrected chi connectivity index (χ1v) is 6.68. The molecule has 0 aliphatic heterocycles. The number of hydrogen-bond acceptors (Lipinski definition) is 4. The Hall–Kier alpha value is -0.360. The number of thiol groups is 1. The fourth-order valence-corrected chi connectivity index (χ4v) is 1.53. The Balaban J connectivity index is 4.16. The van der Waals surface area contributed by atoms with E-state index in [-0.39, 0.29) is 11.8 Å². The number of amides is 1. The summed E-state index contributed by atoms with van der Waals surface area (Å²) in [6.07, 6.45) is 2.35. The van der Waals surface area contributed by atoms with E-state index in [2.05, 4.69) is 17.9 Å². The van der Waals surface area contributed by atoms with E-state index in [1.165, 1.54) is 0 Å². The fraction of sp³-hybridized carbons (Fsp3) is 0.778. The van der Waals surface area contributed by atoms with Gasteiger partial charge in [-0.3, -0.25) is 4.79 Å². The number of nitrogens with one attached hydrogen (secondary N) is 1. The van der Waals surface area contributed by atoms with Crippen LogP contribution in [0.4, 0.5) is 0 Å². The predicted molar refractivity (Wildman–Crippen MR) is 65.6 cm³/mol. The summed E-state index contributed by atoms with van der Waals surface area (Å²) in [5.74, 6) is -0.362. The zero-order chi connectivity index (χ0) is 11.8. The molecule has 0 saturated carbocycles. The molecule has 0 aromatic carbocycles. The van der Waals surface area contributed by atoms with Crippen molar-refractivity contribution in [2.24, 2.45) is 5.92 Å². The minimum absolute atomic E-state index is 0.251. The Kier molecular flexibility index (Phi) is 7.68. The number of carbonyl (C=O) groups is 2. The zero-order valence-electron chi connectivity index (χ0n) is 8.90. The van der Waals surface area contributed by atoms with Crippen LogP contribution in [0.15, 0.2) is 0 Å². The molecule has 0 saturated heterocycles. The molecule has 4 nitrogen and oxygen atoms in total. The van der Waals surface area contributed by atoms with Crippen LogP contribution < -0.4 is 5.32 Å². The summed E-state index contributed by atoms with van der Waals surface area (Å²) in [7, 11) is 0. The van der Waals surface area contributed by atoms with Gasteiger partial charge in [-0.15, -0.1) is 0 Å². The topological polar surface area (TPSA) is 66.4 Å². The minimum Gasteiger partial charge on any atom is -0.480 e. The molecule has 1 amide bonds. The number of hydrogen-bond donors (Lipinski definition) is 3. The highest BCUT2D eigenvalue weighted by Gasteiger charge is 2.21. The predicted octanol–water partition coefficient (Wildman–Crippen LogP) is 0.875. The van der Waals surface area contributed by atoms with Crippen LogP contribution in [0.2, 0.25) is 0 Å². The second-order valence-corrected chi connectivity index (χ2v) is 4.62. The van der Waals surface area contributed by atoms with Crippen molar-refractivity contribution in [1.82, 2.24) is 5.32 Å². The zero-order valence-corrected chi connectivity index (χ0v) is 10.6. The van der Waals surface area contributed by atoms with Gasteiger partial charge in [0.1, 0.15) is 6.04 Å². The summed E-state index contributed by atoms with van der Waals surface area (Å²) in [4.78, 5) is 22.2. The van der Waals surface area contributed by atoms with Crippen LogP contribution in [0.3, 0.4) is 0 Å². The van der Waals surface area contributed by atoms with Crippen LogP contribution in [-0.4, -0.2) is 40.8 Å². The number of thioether (sulfide) groups is 1. The van der Waals surface area contributed by atoms with Gasteiger partial charge in [-0.05, 0) is 18.4 Å². The second kappa shape index (κ2) is 7.87. The molecule has 0 heterocycles. The highest BCUT2D eigenvalue weighted by molar-refractivity contribution is 7.98. The van der Waals surface area contributed by atoms with E-state index in [0.29, 0.717) is 17.9 Å². The molecule has 6 heteroatoms. The molecule has 0 bridgehead atoms. The lowest BCUT2D eigenvalue weighted by Gasteiger charge is -2.16. The summed E-state index contributed by atoms with van der Waals surface area (Å²) >= 11 is 5.55. The number of carboxylic acid groups (broad SMARTS) is 1. The van der Waals surface area contributed by atoms with Crippen molar-refractivity contribution in [2.45, 2.75) is 19.4 Å². The Morgan fingerprint density at radius 3 is 2.53 bits per heavy atom. The van der Waals surface area contributed by atoms with E-state index < -0.39 is 12.0 Å². The number of rotatable bonds is 7. The number of carboxylic acids is 1. The summed E-state index contributed by atoms with van der Waals surface area (Å²) < 4.78 is 0. The Morgan fingerprint density at radius 2 is 2.13 bits per heavy atom. The fourth-order valence-electron chi connectivity index (χ4n) is 0.890. The van der Waals surface area contributed by atoms with Gasteiger partial charge in [-0.2, -0.15) is 24.4 Å². The first-order valence-electron chi connectivity index (χ1n) is 4.65. The Morgan fingerprint density at radius 1 is 1.53 bits per heavy atom. The second-order valence-electron chi connectivity index (χ2n) is 3.26. The smallest absolute Gasteiger partial charge is 0.326 e. The highest BCUT2D eigenvalue weighted by Crippen LogP contribution is 2.03. The molecule has 0 aromatic heterocycles. The molecule has 88 valence electrons. The van der Waals surface area contributed by atoms with Gasteiger partial charge in [0.2, 0.25) is 5.91 Å². The summed E-state index contributed by atoms with van der Waals surface area (Å²) in [5, 5.41) is 11.4. The lowest BCUT2D eigenvalue weighted by atomic mass is 10.1. The molecule has 0 spiro atoms. The van der Waals surface area contributed by atoms with E-state index in [1.54, 1.807) is 18.7 Å². The minimum atomic E-state index is -0.983. The molecule has 0 aliphatic carbocycles. The van der Waals surface area contributed by atoms with Crippen LogP contribution in [0.25, 0.3) is 0 Å². The van der Waals surface area contributed by atoms with E-state index in [4.69, 9.17) is 5.11 Å². The van der Waals surface area contributed by atoms with Gasteiger partial charge in [-0.25, -0.2) is 4.79 Å². The summed E-state index contributed by atoms with van der Waals surface area (Å²) in [6, 6.07) is -0.785. The van der Waals surface area contributed by atoms with Gasteiger partial charge in [-0.1, -0.05) is 6.92 Å². The Bertz CT molecular complexity index is 223. The maximum atomic E-state index is 11.4. The van der Waals surface area contributed by atoms with E-state index in [0.717, 1.165) is 0 Å². The van der Waals surface area contributed by atoms with Gasteiger partial charge >= 0.3 is 5.97 Å². The molecule has 0 radical (unpaired) electrons. The van der Waals surface area contributed by atoms with Gasteiger partial charge in [0.15, 0.2) is 0 Å². The molecular weight excluding hydrogens is 234 g/mol. The van der Waals surface area contributed by atoms with Crippen LogP contribution in [0.1, 0.15) is 13.3 Å². The van der Waals surface area contributed by atoms with E-state index in [9.17, 15) is 9.59 Å². The number of carbonyl (C=O) groups excluding carboxylic acids is 1. The summed E-state index contributed by atoms with van der Waals surface area (Å²) in [6.45, 7) is 1.72. The third-order valence-electron chi connectivity index (χ3n) is 1.95. The van der Waals surface area contributed by atoms with Gasteiger partial charge in [0, 0.05) is 11.7 Å². The third kappa shape index (κ3) is 5.94. The average Bonchev–Trinajstić information content (AvgIpc) is 2.22. The van der Waals surface area contributed by atoms with Crippen molar-refractivity contribution in [1.29, 1.82) is 0 Å². The van der Waals surface area contributed by atoms with Crippen molar-refractivity contribution in [3.05, 3.63) is 0 Å². The first-order chi connectivity index (χ1) is 7.02. The van der Waals surface area contributed by atoms with Crippen molar-refractivity contribution >= 4 is 36.3 Å². The SMILES string of the molecule is CSCC[C@H](NC(=O)C(C)CS)C(=O)O. The van der Waals surface area contributed by atoms with Crippen molar-refractivity contribution in [3.63, 3.8) is 0 Å². The van der Waals surface area contributed by atoms with Crippen molar-refractivity contribution < 1.29 is 14.7 Å². The maximum absolute atomic E-state index is 11.4. The van der Waals surface area contributed by atoms with Crippen LogP contribution >= 0.6 is 24.4 Å². The quantitative estimate of drug-likeness (QED) is 0.588. The highest BCUT2D eigenvalue weighted by atomic mass is 32.2. The Labute approximate surface area is 99.6 Å². The van der Waals surface area contributed by atoms with Crippen LogP contribution in [0, 0.1) is 5.92 Å². The van der Waals surface area contributed by atoms with Gasteiger partial charge < -0.3 is 10.4 Å². The van der Waals surface area contributed by atoms with E-state index in [1.807, 2.05) is 6.26 Å². The molecular formula is C9H17NO3S2. The summed E-state index contributed by atoms with van der Waals surface area (Å²) in [5.41, 5.74) is 0. The monoisotopic (exact) mass is 251 g/mol. The molecule has 1 unspecified atom stereocenters. The van der Waals surface area contributed by atoms with Crippen molar-refractivity contribution in [3.8, 4) is 0 Å². The molecule has 2 N–H and O–H groups in total. The normalized spacial score (nSPS) is 14.3. The maximum Gasteiger partial charge on any atom is 0.326 e.